The summed E-state index contributed by atoms with van der Waals surface area (Å²) in [5, 5.41) is 11.1. The number of aliphatic hydroxyl groups is 1. The van der Waals surface area contributed by atoms with Crippen LogP contribution >= 0.6 is 0 Å². The van der Waals surface area contributed by atoms with Crippen molar-refractivity contribution in [1.29, 1.82) is 0 Å². The van der Waals surface area contributed by atoms with E-state index in [-0.39, 0.29) is 0 Å². The SMILES string of the molecule is Cn1ccc2cccc(CC(C)(C)O)c21. The summed E-state index contributed by atoms with van der Waals surface area (Å²) in [6.45, 7) is 3.68. The van der Waals surface area contributed by atoms with Crippen molar-refractivity contribution in [3.8, 4) is 0 Å². The van der Waals surface area contributed by atoms with Crippen LogP contribution in [0.4, 0.5) is 0 Å². The van der Waals surface area contributed by atoms with Crippen molar-refractivity contribution in [2.45, 2.75) is 25.9 Å². The van der Waals surface area contributed by atoms with Gasteiger partial charge in [-0.3, -0.25) is 0 Å². The van der Waals surface area contributed by atoms with Gasteiger partial charge in [0.1, 0.15) is 0 Å². The molecule has 0 spiro atoms. The lowest BCUT2D eigenvalue weighted by Crippen LogP contribution is -2.22. The fourth-order valence-electron chi connectivity index (χ4n) is 2.05. The molecule has 15 heavy (non-hydrogen) atoms. The zero-order valence-electron chi connectivity index (χ0n) is 9.49. The van der Waals surface area contributed by atoms with E-state index in [0.29, 0.717) is 6.42 Å². The van der Waals surface area contributed by atoms with Gasteiger partial charge < -0.3 is 9.67 Å². The molecule has 1 heterocycles. The van der Waals surface area contributed by atoms with Crippen molar-refractivity contribution in [2.75, 3.05) is 0 Å². The summed E-state index contributed by atoms with van der Waals surface area (Å²) in [4.78, 5) is 0. The second kappa shape index (κ2) is 3.38. The summed E-state index contributed by atoms with van der Waals surface area (Å²) in [5.41, 5.74) is 1.77. The maximum atomic E-state index is 9.85. The van der Waals surface area contributed by atoms with Crippen molar-refractivity contribution >= 4 is 10.9 Å². The highest BCUT2D eigenvalue weighted by Crippen LogP contribution is 2.23. The van der Waals surface area contributed by atoms with Crippen LogP contribution in [0.3, 0.4) is 0 Å². The van der Waals surface area contributed by atoms with Gasteiger partial charge in [-0.05, 0) is 30.9 Å². The van der Waals surface area contributed by atoms with Gasteiger partial charge in [0.05, 0.1) is 11.1 Å². The van der Waals surface area contributed by atoms with E-state index < -0.39 is 5.60 Å². The fourth-order valence-corrected chi connectivity index (χ4v) is 2.05. The van der Waals surface area contributed by atoms with Gasteiger partial charge >= 0.3 is 0 Å². The average Bonchev–Trinajstić information content (AvgIpc) is 2.46. The predicted octanol–water partition coefficient (Wildman–Crippen LogP) is 2.49. The first-order valence-corrected chi connectivity index (χ1v) is 5.23. The Hall–Kier alpha value is -1.28. The summed E-state index contributed by atoms with van der Waals surface area (Å²) in [5.74, 6) is 0. The molecule has 0 fully saturated rings. The number of aromatic nitrogens is 1. The Labute approximate surface area is 90.2 Å². The Balaban J connectivity index is 2.55. The van der Waals surface area contributed by atoms with Crippen LogP contribution in [0.2, 0.25) is 0 Å². The third-order valence-electron chi connectivity index (χ3n) is 2.60. The third-order valence-corrected chi connectivity index (χ3v) is 2.60. The van der Waals surface area contributed by atoms with Gasteiger partial charge in [0, 0.05) is 19.7 Å². The molecule has 0 aliphatic heterocycles. The molecule has 0 radical (unpaired) electrons. The lowest BCUT2D eigenvalue weighted by Gasteiger charge is -2.18. The van der Waals surface area contributed by atoms with Crippen LogP contribution in [0.1, 0.15) is 19.4 Å². The standard InChI is InChI=1S/C13H17NO/c1-13(2,15)9-11-6-4-5-10-7-8-14(3)12(10)11/h4-8,15H,9H2,1-3H3. The summed E-state index contributed by atoms with van der Waals surface area (Å²) in [7, 11) is 2.04. The van der Waals surface area contributed by atoms with Crippen molar-refractivity contribution in [3.05, 3.63) is 36.0 Å². The van der Waals surface area contributed by atoms with E-state index in [4.69, 9.17) is 0 Å². The number of para-hydroxylation sites is 1. The molecule has 2 heteroatoms. The Morgan fingerprint density at radius 1 is 1.27 bits per heavy atom. The van der Waals surface area contributed by atoms with Gasteiger partial charge in [0.15, 0.2) is 0 Å². The van der Waals surface area contributed by atoms with E-state index in [2.05, 4.69) is 29.0 Å². The second-order valence-corrected chi connectivity index (χ2v) is 4.77. The van der Waals surface area contributed by atoms with Crippen LogP contribution in [0.25, 0.3) is 10.9 Å². The Bertz CT molecular complexity index is 477. The maximum absolute atomic E-state index is 9.85. The van der Waals surface area contributed by atoms with Gasteiger partial charge in [0.2, 0.25) is 0 Å². The van der Waals surface area contributed by atoms with Crippen LogP contribution in [-0.4, -0.2) is 15.3 Å². The molecule has 0 saturated carbocycles. The van der Waals surface area contributed by atoms with Gasteiger partial charge in [-0.25, -0.2) is 0 Å². The summed E-state index contributed by atoms with van der Waals surface area (Å²) < 4.78 is 2.11. The van der Waals surface area contributed by atoms with Gasteiger partial charge in [-0.2, -0.15) is 0 Å². The van der Waals surface area contributed by atoms with E-state index in [0.717, 1.165) is 0 Å². The lowest BCUT2D eigenvalue weighted by atomic mass is 9.97. The molecule has 2 nitrogen and oxygen atoms in total. The molecule has 0 amide bonds. The predicted molar refractivity (Wildman–Crippen MR) is 62.9 cm³/mol. The number of nitrogens with zero attached hydrogens (tertiary/aromatic N) is 1. The Kier molecular flexibility index (Phi) is 2.31. The highest BCUT2D eigenvalue weighted by Gasteiger charge is 2.16. The highest BCUT2D eigenvalue weighted by atomic mass is 16.3. The molecule has 2 rings (SSSR count). The van der Waals surface area contributed by atoms with Crippen LogP contribution in [0, 0.1) is 0 Å². The summed E-state index contributed by atoms with van der Waals surface area (Å²) >= 11 is 0. The first-order valence-electron chi connectivity index (χ1n) is 5.23. The van der Waals surface area contributed by atoms with Crippen molar-refractivity contribution < 1.29 is 5.11 Å². The molecule has 1 N–H and O–H groups in total. The maximum Gasteiger partial charge on any atom is 0.0632 e. The Morgan fingerprint density at radius 3 is 2.67 bits per heavy atom. The molecule has 80 valence electrons. The third kappa shape index (κ3) is 2.05. The quantitative estimate of drug-likeness (QED) is 0.797. The highest BCUT2D eigenvalue weighted by molar-refractivity contribution is 5.83. The smallest absolute Gasteiger partial charge is 0.0632 e. The van der Waals surface area contributed by atoms with Crippen LogP contribution in [0.5, 0.6) is 0 Å². The normalized spacial score (nSPS) is 12.3. The van der Waals surface area contributed by atoms with Crippen LogP contribution < -0.4 is 0 Å². The average molecular weight is 203 g/mol. The van der Waals surface area contributed by atoms with Crippen LogP contribution in [-0.2, 0) is 13.5 Å². The van der Waals surface area contributed by atoms with Gasteiger partial charge in [0.25, 0.3) is 0 Å². The van der Waals surface area contributed by atoms with Crippen LogP contribution in [0.15, 0.2) is 30.5 Å². The number of hydrogen-bond acceptors (Lipinski definition) is 1. The topological polar surface area (TPSA) is 25.2 Å². The summed E-state index contributed by atoms with van der Waals surface area (Å²) in [6, 6.07) is 8.33. The fraction of sp³-hybridized carbons (Fsp3) is 0.385. The zero-order chi connectivity index (χ0) is 11.1. The van der Waals surface area contributed by atoms with Crippen molar-refractivity contribution in [1.82, 2.24) is 4.57 Å². The van der Waals surface area contributed by atoms with Gasteiger partial charge in [-0.15, -0.1) is 0 Å². The number of rotatable bonds is 2. The van der Waals surface area contributed by atoms with Gasteiger partial charge in [-0.1, -0.05) is 18.2 Å². The largest absolute Gasteiger partial charge is 0.390 e. The molecular weight excluding hydrogens is 186 g/mol. The van der Waals surface area contributed by atoms with E-state index in [1.807, 2.05) is 27.0 Å². The second-order valence-electron chi connectivity index (χ2n) is 4.77. The number of hydrogen-bond donors (Lipinski definition) is 1. The van der Waals surface area contributed by atoms with Crippen molar-refractivity contribution in [3.63, 3.8) is 0 Å². The van der Waals surface area contributed by atoms with E-state index in [1.54, 1.807) is 0 Å². The van der Waals surface area contributed by atoms with Crippen molar-refractivity contribution in [2.24, 2.45) is 7.05 Å². The number of fused-ring (bicyclic) bond motifs is 1. The molecule has 1 aromatic heterocycles. The first kappa shape index (κ1) is 10.2. The zero-order valence-corrected chi connectivity index (χ0v) is 9.49. The number of aryl methyl sites for hydroxylation is 1. The van der Waals surface area contributed by atoms with E-state index >= 15 is 0 Å². The molecule has 2 aromatic rings. The van der Waals surface area contributed by atoms with E-state index in [1.165, 1.54) is 16.5 Å². The molecule has 1 aromatic carbocycles. The molecule has 0 saturated heterocycles. The Morgan fingerprint density at radius 2 is 2.00 bits per heavy atom. The number of benzene rings is 1. The minimum Gasteiger partial charge on any atom is -0.390 e. The molecule has 0 bridgehead atoms. The molecule has 0 aliphatic carbocycles. The molecular formula is C13H17NO. The molecule has 0 unspecified atom stereocenters. The minimum absolute atomic E-state index is 0.654. The monoisotopic (exact) mass is 203 g/mol. The summed E-state index contributed by atoms with van der Waals surface area (Å²) in [6.07, 6.45) is 2.74. The lowest BCUT2D eigenvalue weighted by molar-refractivity contribution is 0.0813. The molecule has 0 atom stereocenters. The minimum atomic E-state index is -0.654. The van der Waals surface area contributed by atoms with E-state index in [9.17, 15) is 5.11 Å². The first-order chi connectivity index (χ1) is 6.97. The molecule has 0 aliphatic rings.